The highest BCUT2D eigenvalue weighted by Crippen LogP contribution is 2.30. The molecule has 2 rings (SSSR count). The Kier molecular flexibility index (Phi) is 2.52. The Hall–Kier alpha value is -0.930. The van der Waals surface area contributed by atoms with E-state index in [-0.39, 0.29) is 5.78 Å². The predicted octanol–water partition coefficient (Wildman–Crippen LogP) is 2.27. The number of hydrogen-bond acceptors (Lipinski definition) is 3. The highest BCUT2D eigenvalue weighted by atomic mass is 35.5. The normalized spacial score (nSPS) is 25.1. The number of fused-ring (bicyclic) bond motifs is 1. The first kappa shape index (κ1) is 10.6. The second-order valence-electron chi connectivity index (χ2n) is 3.89. The standard InChI is InChI=1S/C11H12ClNO2/c1-11(15-2)6-5-8-7(10(11)14)3-4-9(12)13-8/h3-4H,5-6H2,1-2H3. The minimum absolute atomic E-state index is 0.00424. The van der Waals surface area contributed by atoms with Crippen LogP contribution in [-0.2, 0) is 11.2 Å². The molecule has 0 spiro atoms. The zero-order valence-corrected chi connectivity index (χ0v) is 9.47. The van der Waals surface area contributed by atoms with E-state index in [0.717, 1.165) is 12.1 Å². The number of carbonyl (C=O) groups excluding carboxylic acids is 1. The Balaban J connectivity index is 2.47. The van der Waals surface area contributed by atoms with Gasteiger partial charge >= 0.3 is 0 Å². The number of rotatable bonds is 1. The molecule has 0 saturated heterocycles. The Morgan fingerprint density at radius 2 is 2.27 bits per heavy atom. The molecule has 1 aromatic rings. The molecule has 1 heterocycles. The molecule has 1 aliphatic rings. The van der Waals surface area contributed by atoms with Crippen molar-refractivity contribution in [3.8, 4) is 0 Å². The van der Waals surface area contributed by atoms with Gasteiger partial charge in [-0.1, -0.05) is 11.6 Å². The zero-order valence-electron chi connectivity index (χ0n) is 8.71. The van der Waals surface area contributed by atoms with Crippen molar-refractivity contribution in [3.05, 3.63) is 28.5 Å². The number of aryl methyl sites for hydroxylation is 1. The molecule has 1 aliphatic carbocycles. The van der Waals surface area contributed by atoms with Gasteiger partial charge < -0.3 is 4.74 Å². The smallest absolute Gasteiger partial charge is 0.196 e. The summed E-state index contributed by atoms with van der Waals surface area (Å²) < 4.78 is 5.27. The molecular formula is C11H12ClNO2. The summed E-state index contributed by atoms with van der Waals surface area (Å²) in [6.45, 7) is 1.81. The van der Waals surface area contributed by atoms with Gasteiger partial charge in [-0.3, -0.25) is 4.79 Å². The molecule has 0 N–H and O–H groups in total. The second kappa shape index (κ2) is 3.58. The van der Waals surface area contributed by atoms with Crippen molar-refractivity contribution in [2.75, 3.05) is 7.11 Å². The van der Waals surface area contributed by atoms with Crippen LogP contribution in [0, 0.1) is 0 Å². The van der Waals surface area contributed by atoms with Gasteiger partial charge in [0.25, 0.3) is 0 Å². The van der Waals surface area contributed by atoms with Crippen molar-refractivity contribution in [1.29, 1.82) is 0 Å². The van der Waals surface area contributed by atoms with E-state index < -0.39 is 5.60 Å². The summed E-state index contributed by atoms with van der Waals surface area (Å²) in [6, 6.07) is 3.36. The first-order chi connectivity index (χ1) is 7.07. The van der Waals surface area contributed by atoms with Crippen LogP contribution in [0.2, 0.25) is 5.15 Å². The van der Waals surface area contributed by atoms with E-state index in [1.54, 1.807) is 19.2 Å². The van der Waals surface area contributed by atoms with Gasteiger partial charge in [0.05, 0.1) is 5.69 Å². The molecule has 0 fully saturated rings. The van der Waals surface area contributed by atoms with E-state index in [2.05, 4.69) is 4.98 Å². The first-order valence-corrected chi connectivity index (χ1v) is 5.20. The van der Waals surface area contributed by atoms with Gasteiger partial charge in [0, 0.05) is 12.7 Å². The van der Waals surface area contributed by atoms with Crippen LogP contribution in [-0.4, -0.2) is 23.5 Å². The molecule has 4 heteroatoms. The Morgan fingerprint density at radius 1 is 1.53 bits per heavy atom. The van der Waals surface area contributed by atoms with E-state index in [4.69, 9.17) is 16.3 Å². The third-order valence-corrected chi connectivity index (χ3v) is 3.17. The van der Waals surface area contributed by atoms with Gasteiger partial charge in [-0.2, -0.15) is 0 Å². The number of ether oxygens (including phenoxy) is 1. The zero-order chi connectivity index (χ0) is 11.1. The molecule has 3 nitrogen and oxygen atoms in total. The third kappa shape index (κ3) is 1.66. The van der Waals surface area contributed by atoms with Gasteiger partial charge in [0.15, 0.2) is 5.78 Å². The number of methoxy groups -OCH3 is 1. The second-order valence-corrected chi connectivity index (χ2v) is 4.28. The lowest BCUT2D eigenvalue weighted by molar-refractivity contribution is 0.00507. The maximum absolute atomic E-state index is 12.1. The SMILES string of the molecule is COC1(C)CCc2nc(Cl)ccc2C1=O. The van der Waals surface area contributed by atoms with Crippen LogP contribution in [0.3, 0.4) is 0 Å². The maximum atomic E-state index is 12.1. The number of halogens is 1. The molecule has 0 radical (unpaired) electrons. The molecular weight excluding hydrogens is 214 g/mol. The number of Topliss-reactive ketones (excluding diaryl/α,β-unsaturated/α-hetero) is 1. The lowest BCUT2D eigenvalue weighted by atomic mass is 9.83. The topological polar surface area (TPSA) is 39.2 Å². The number of nitrogens with zero attached hydrogens (tertiary/aromatic N) is 1. The highest BCUT2D eigenvalue weighted by molar-refractivity contribution is 6.29. The number of carbonyl (C=O) groups is 1. The van der Waals surface area contributed by atoms with E-state index in [1.165, 1.54) is 0 Å². The minimum atomic E-state index is -0.706. The van der Waals surface area contributed by atoms with Crippen molar-refractivity contribution < 1.29 is 9.53 Å². The summed E-state index contributed by atoms with van der Waals surface area (Å²) in [5, 5.41) is 0.433. The van der Waals surface area contributed by atoms with Crippen LogP contribution >= 0.6 is 11.6 Å². The summed E-state index contributed by atoms with van der Waals surface area (Å²) in [7, 11) is 1.56. The van der Waals surface area contributed by atoms with Crippen LogP contribution < -0.4 is 0 Å². The van der Waals surface area contributed by atoms with Crippen LogP contribution in [0.15, 0.2) is 12.1 Å². The fraction of sp³-hybridized carbons (Fsp3) is 0.455. The predicted molar refractivity (Wildman–Crippen MR) is 57.3 cm³/mol. The number of hydrogen-bond donors (Lipinski definition) is 0. The lowest BCUT2D eigenvalue weighted by Crippen LogP contribution is -2.41. The Bertz CT molecular complexity index is 419. The fourth-order valence-electron chi connectivity index (χ4n) is 1.82. The molecule has 1 aromatic heterocycles. The molecule has 0 aliphatic heterocycles. The molecule has 0 saturated carbocycles. The average molecular weight is 226 g/mol. The van der Waals surface area contributed by atoms with E-state index in [1.807, 2.05) is 6.92 Å². The summed E-state index contributed by atoms with van der Waals surface area (Å²) in [5.74, 6) is -0.00424. The molecule has 80 valence electrons. The number of aromatic nitrogens is 1. The van der Waals surface area contributed by atoms with Gasteiger partial charge in [-0.05, 0) is 31.9 Å². The van der Waals surface area contributed by atoms with Gasteiger partial charge in [0.2, 0.25) is 0 Å². The Labute approximate surface area is 93.4 Å². The maximum Gasteiger partial charge on any atom is 0.196 e. The number of pyridine rings is 1. The van der Waals surface area contributed by atoms with Crippen molar-refractivity contribution in [3.63, 3.8) is 0 Å². The quantitative estimate of drug-likeness (QED) is 0.689. The molecule has 0 bridgehead atoms. The van der Waals surface area contributed by atoms with Crippen molar-refractivity contribution >= 4 is 17.4 Å². The molecule has 0 aromatic carbocycles. The summed E-state index contributed by atoms with van der Waals surface area (Å²) in [4.78, 5) is 16.2. The summed E-state index contributed by atoms with van der Waals surface area (Å²) in [6.07, 6.45) is 1.38. The van der Waals surface area contributed by atoms with Crippen molar-refractivity contribution in [2.45, 2.75) is 25.4 Å². The minimum Gasteiger partial charge on any atom is -0.370 e. The molecule has 1 atom stereocenters. The van der Waals surface area contributed by atoms with E-state index >= 15 is 0 Å². The van der Waals surface area contributed by atoms with Crippen LogP contribution in [0.1, 0.15) is 29.4 Å². The highest BCUT2D eigenvalue weighted by Gasteiger charge is 2.39. The third-order valence-electron chi connectivity index (χ3n) is 2.95. The largest absolute Gasteiger partial charge is 0.370 e. The molecule has 0 amide bonds. The lowest BCUT2D eigenvalue weighted by Gasteiger charge is -2.31. The van der Waals surface area contributed by atoms with Crippen LogP contribution in [0.25, 0.3) is 0 Å². The summed E-state index contributed by atoms with van der Waals surface area (Å²) >= 11 is 5.78. The number of ketones is 1. The van der Waals surface area contributed by atoms with Gasteiger partial charge in [-0.15, -0.1) is 0 Å². The molecule has 1 unspecified atom stereocenters. The summed E-state index contributed by atoms with van der Waals surface area (Å²) in [5.41, 5.74) is 0.708. The van der Waals surface area contributed by atoms with E-state index in [9.17, 15) is 4.79 Å². The van der Waals surface area contributed by atoms with Gasteiger partial charge in [0.1, 0.15) is 10.8 Å². The van der Waals surface area contributed by atoms with Gasteiger partial charge in [-0.25, -0.2) is 4.98 Å². The Morgan fingerprint density at radius 3 is 2.93 bits per heavy atom. The van der Waals surface area contributed by atoms with Crippen molar-refractivity contribution in [2.24, 2.45) is 0 Å². The first-order valence-electron chi connectivity index (χ1n) is 4.82. The fourth-order valence-corrected chi connectivity index (χ4v) is 1.99. The van der Waals surface area contributed by atoms with Crippen molar-refractivity contribution in [1.82, 2.24) is 4.98 Å². The van der Waals surface area contributed by atoms with Crippen LogP contribution in [0.5, 0.6) is 0 Å². The monoisotopic (exact) mass is 225 g/mol. The molecule has 15 heavy (non-hydrogen) atoms. The average Bonchev–Trinajstić information content (AvgIpc) is 2.24. The van der Waals surface area contributed by atoms with Crippen LogP contribution in [0.4, 0.5) is 0 Å². The van der Waals surface area contributed by atoms with E-state index in [0.29, 0.717) is 17.1 Å².